The van der Waals surface area contributed by atoms with Crippen LogP contribution in [-0.2, 0) is 10.8 Å². The molecule has 0 spiro atoms. The number of hydrogen-bond donors (Lipinski definition) is 0. The van der Waals surface area contributed by atoms with E-state index >= 15 is 0 Å². The summed E-state index contributed by atoms with van der Waals surface area (Å²) in [5, 5.41) is 7.62. The third-order valence-corrected chi connectivity index (χ3v) is 10.9. The standard InChI is InChI=1S/C42H32BN3O3/c1-41(2)33-15-7-5-11-27(33)29-21-19-25(23-35(29)41)46(26-20-22-30-28-12-6-8-16-34(28)42(3,4)36(30)24-26)38-18-10-14-32-31-13-9-17-37(43(44-47)45-48)39(31)49-40(32)38/h5-24H,1-4H3. The molecule has 2 aliphatic carbocycles. The molecule has 9 rings (SSSR count). The first kappa shape index (κ1) is 29.3. The zero-order chi connectivity index (χ0) is 33.7. The molecule has 49 heavy (non-hydrogen) atoms. The molecular weight excluding hydrogens is 605 g/mol. The molecule has 1 heterocycles. The van der Waals surface area contributed by atoms with Crippen molar-refractivity contribution in [1.29, 1.82) is 0 Å². The highest BCUT2D eigenvalue weighted by atomic mass is 16.3. The molecule has 0 saturated carbocycles. The van der Waals surface area contributed by atoms with Crippen molar-refractivity contribution in [1.82, 2.24) is 0 Å². The van der Waals surface area contributed by atoms with Crippen LogP contribution >= 0.6 is 0 Å². The Morgan fingerprint density at radius 2 is 1.02 bits per heavy atom. The summed E-state index contributed by atoms with van der Waals surface area (Å²) in [7, 11) is 0. The highest BCUT2D eigenvalue weighted by Crippen LogP contribution is 2.53. The molecule has 0 aliphatic heterocycles. The Bertz CT molecular complexity index is 2420. The number of para-hydroxylation sites is 2. The zero-order valence-corrected chi connectivity index (χ0v) is 27.7. The normalized spacial score (nSPS) is 14.6. The Balaban J connectivity index is 1.31. The minimum absolute atomic E-state index is 0.186. The van der Waals surface area contributed by atoms with E-state index in [1.165, 1.54) is 44.5 Å². The minimum Gasteiger partial charge on any atom is -0.454 e. The van der Waals surface area contributed by atoms with Crippen LogP contribution < -0.4 is 10.4 Å². The molecule has 0 radical (unpaired) electrons. The average molecular weight is 638 g/mol. The molecular formula is C42H32BN3O3. The first-order chi connectivity index (χ1) is 23.7. The Morgan fingerprint density at radius 1 is 0.531 bits per heavy atom. The molecule has 6 nitrogen and oxygen atoms in total. The molecule has 7 heteroatoms. The molecule has 0 atom stereocenters. The lowest BCUT2D eigenvalue weighted by atomic mass is 9.70. The van der Waals surface area contributed by atoms with Gasteiger partial charge < -0.3 is 9.32 Å². The summed E-state index contributed by atoms with van der Waals surface area (Å²) in [5.41, 5.74) is 14.1. The average Bonchev–Trinajstić information content (AvgIpc) is 3.70. The predicted octanol–water partition coefficient (Wildman–Crippen LogP) is 10.9. The van der Waals surface area contributed by atoms with Gasteiger partial charge in [0.05, 0.1) is 5.69 Å². The number of fused-ring (bicyclic) bond motifs is 9. The molecule has 236 valence electrons. The summed E-state index contributed by atoms with van der Waals surface area (Å²) in [4.78, 5) is 25.5. The van der Waals surface area contributed by atoms with Crippen LogP contribution in [0.25, 0.3) is 44.2 Å². The van der Waals surface area contributed by atoms with Gasteiger partial charge in [-0.25, -0.2) is 0 Å². The van der Waals surface area contributed by atoms with Crippen molar-refractivity contribution in [3.05, 3.63) is 153 Å². The highest BCUT2D eigenvalue weighted by molar-refractivity contribution is 6.72. The largest absolute Gasteiger partial charge is 0.552 e. The number of hydrogen-bond acceptors (Lipinski definition) is 6. The summed E-state index contributed by atoms with van der Waals surface area (Å²) < 4.78 is 6.65. The van der Waals surface area contributed by atoms with E-state index in [0.717, 1.165) is 27.8 Å². The summed E-state index contributed by atoms with van der Waals surface area (Å²) in [6.07, 6.45) is 0. The molecule has 0 fully saturated rings. The second-order valence-corrected chi connectivity index (χ2v) is 14.2. The lowest BCUT2D eigenvalue weighted by Crippen LogP contribution is -2.25. The highest BCUT2D eigenvalue weighted by Gasteiger charge is 2.38. The van der Waals surface area contributed by atoms with Crippen molar-refractivity contribution in [3.8, 4) is 22.3 Å². The van der Waals surface area contributed by atoms with Crippen molar-refractivity contribution in [2.24, 2.45) is 10.2 Å². The van der Waals surface area contributed by atoms with E-state index < -0.39 is 6.98 Å². The fraction of sp³-hybridized carbons (Fsp3) is 0.143. The van der Waals surface area contributed by atoms with E-state index in [1.807, 2.05) is 18.2 Å². The number of benzene rings is 6. The van der Waals surface area contributed by atoms with Crippen molar-refractivity contribution in [2.75, 3.05) is 4.90 Å². The van der Waals surface area contributed by atoms with Crippen LogP contribution in [0.5, 0.6) is 0 Å². The molecule has 0 saturated heterocycles. The molecule has 0 bridgehead atoms. The Hall–Kier alpha value is -5.82. The molecule has 0 N–H and O–H groups in total. The Labute approximate surface area is 284 Å². The minimum atomic E-state index is -1.40. The van der Waals surface area contributed by atoms with Gasteiger partial charge in [0.15, 0.2) is 5.58 Å². The second-order valence-electron chi connectivity index (χ2n) is 14.2. The maximum absolute atomic E-state index is 11.6. The fourth-order valence-corrected chi connectivity index (χ4v) is 8.43. The van der Waals surface area contributed by atoms with Gasteiger partial charge in [-0.3, -0.25) is 0 Å². The monoisotopic (exact) mass is 637 g/mol. The Kier molecular flexibility index (Phi) is 6.19. The summed E-state index contributed by atoms with van der Waals surface area (Å²) in [5.74, 6) is 0. The second kappa shape index (κ2) is 10.3. The van der Waals surface area contributed by atoms with E-state index in [1.54, 1.807) is 12.1 Å². The predicted molar refractivity (Wildman–Crippen MR) is 201 cm³/mol. The van der Waals surface area contributed by atoms with Crippen molar-refractivity contribution < 1.29 is 4.42 Å². The lowest BCUT2D eigenvalue weighted by molar-refractivity contribution is 0.659. The van der Waals surface area contributed by atoms with Gasteiger partial charge in [-0.15, -0.1) is 0 Å². The van der Waals surface area contributed by atoms with Gasteiger partial charge in [0.1, 0.15) is 5.58 Å². The van der Waals surface area contributed by atoms with Gasteiger partial charge in [-0.1, -0.05) is 129 Å². The van der Waals surface area contributed by atoms with Crippen molar-refractivity contribution in [2.45, 2.75) is 38.5 Å². The van der Waals surface area contributed by atoms with Gasteiger partial charge in [0.2, 0.25) is 0 Å². The third-order valence-electron chi connectivity index (χ3n) is 10.9. The van der Waals surface area contributed by atoms with E-state index in [2.05, 4.69) is 134 Å². The van der Waals surface area contributed by atoms with E-state index in [0.29, 0.717) is 16.6 Å². The van der Waals surface area contributed by atoms with Crippen molar-refractivity contribution >= 4 is 51.4 Å². The molecule has 2 aliphatic rings. The molecule has 1 aromatic heterocycles. The topological polar surface area (TPSA) is 75.2 Å². The van der Waals surface area contributed by atoms with Crippen LogP contribution in [0, 0.1) is 9.81 Å². The van der Waals surface area contributed by atoms with Crippen LogP contribution in [0.3, 0.4) is 0 Å². The lowest BCUT2D eigenvalue weighted by Gasteiger charge is -2.29. The van der Waals surface area contributed by atoms with E-state index in [9.17, 15) is 9.81 Å². The quantitative estimate of drug-likeness (QED) is 0.134. The van der Waals surface area contributed by atoms with Crippen LogP contribution in [0.2, 0.25) is 0 Å². The van der Waals surface area contributed by atoms with Gasteiger partial charge in [0, 0.05) is 38.4 Å². The molecule has 6 aromatic carbocycles. The summed E-state index contributed by atoms with van der Waals surface area (Å²) in [6.45, 7) is 7.77. The van der Waals surface area contributed by atoms with E-state index in [-0.39, 0.29) is 10.8 Å². The first-order valence-corrected chi connectivity index (χ1v) is 16.6. The van der Waals surface area contributed by atoms with Crippen LogP contribution in [0.15, 0.2) is 136 Å². The summed E-state index contributed by atoms with van der Waals surface area (Å²) >= 11 is 0. The number of rotatable bonds is 6. The number of nitroso groups, excluding NO2 is 2. The fourth-order valence-electron chi connectivity index (χ4n) is 8.43. The first-order valence-electron chi connectivity index (χ1n) is 16.6. The van der Waals surface area contributed by atoms with Crippen molar-refractivity contribution in [3.63, 3.8) is 0 Å². The number of nitrogens with zero attached hydrogens (tertiary/aromatic N) is 3. The smallest absolute Gasteiger partial charge is 0.454 e. The molecule has 0 unspecified atom stereocenters. The summed E-state index contributed by atoms with van der Waals surface area (Å²) in [6, 6.07) is 42.4. The zero-order valence-electron chi connectivity index (χ0n) is 27.7. The Morgan fingerprint density at radius 3 is 1.57 bits per heavy atom. The third kappa shape index (κ3) is 4.02. The van der Waals surface area contributed by atoms with Gasteiger partial charge in [-0.2, -0.15) is 9.81 Å². The maximum Gasteiger partial charge on any atom is 0.552 e. The van der Waals surface area contributed by atoms with Gasteiger partial charge >= 0.3 is 6.98 Å². The van der Waals surface area contributed by atoms with Crippen LogP contribution in [-0.4, -0.2) is 6.98 Å². The molecule has 0 amide bonds. The van der Waals surface area contributed by atoms with Crippen LogP contribution in [0.1, 0.15) is 49.9 Å². The van der Waals surface area contributed by atoms with Crippen LogP contribution in [0.4, 0.5) is 17.1 Å². The van der Waals surface area contributed by atoms with E-state index in [4.69, 9.17) is 4.42 Å². The van der Waals surface area contributed by atoms with Gasteiger partial charge in [0.25, 0.3) is 0 Å². The maximum atomic E-state index is 11.6. The number of furan rings is 1. The number of anilines is 3. The molecule has 7 aromatic rings. The SMILES string of the molecule is CC1(C)c2ccccc2-c2ccc(N(c3ccc4c(c3)C(C)(C)c3ccccc3-4)c3cccc4c3oc3c(B(N=O)N=O)cccc34)cc21. The van der Waals surface area contributed by atoms with Gasteiger partial charge in [-0.05, 0) is 74.8 Å².